The Morgan fingerprint density at radius 2 is 1.95 bits per heavy atom. The summed E-state index contributed by atoms with van der Waals surface area (Å²) in [5.41, 5.74) is 0.809. The third-order valence-corrected chi connectivity index (χ3v) is 3.52. The van der Waals surface area contributed by atoms with Gasteiger partial charge in [-0.3, -0.25) is 9.69 Å². The highest BCUT2D eigenvalue weighted by atomic mass is 16.6. The van der Waals surface area contributed by atoms with Gasteiger partial charge in [-0.1, -0.05) is 30.3 Å². The van der Waals surface area contributed by atoms with Gasteiger partial charge >= 0.3 is 12.1 Å². The Balaban J connectivity index is 1.96. The minimum Gasteiger partial charge on any atom is -0.479 e. The molecule has 0 aliphatic carbocycles. The van der Waals surface area contributed by atoms with Gasteiger partial charge in [0.15, 0.2) is 5.78 Å². The molecule has 0 bridgehead atoms. The quantitative estimate of drug-likeness (QED) is 0.780. The number of benzene rings is 1. The molecule has 1 saturated heterocycles. The minimum atomic E-state index is -2.12. The van der Waals surface area contributed by atoms with Crippen LogP contribution in [0.4, 0.5) is 4.79 Å². The van der Waals surface area contributed by atoms with E-state index in [-0.39, 0.29) is 6.61 Å². The summed E-state index contributed by atoms with van der Waals surface area (Å²) in [6, 6.07) is 8.12. The third-order valence-electron chi connectivity index (χ3n) is 3.52. The topological polar surface area (TPSA) is 104 Å². The van der Waals surface area contributed by atoms with E-state index in [1.807, 2.05) is 18.2 Å². The predicted octanol–water partition coefficient (Wildman–Crippen LogP) is 0.802. The Labute approximate surface area is 127 Å². The molecule has 22 heavy (non-hydrogen) atoms. The number of carboxylic acids is 1. The van der Waals surface area contributed by atoms with Crippen LogP contribution in [0.15, 0.2) is 30.3 Å². The molecular formula is C15H17NO6. The van der Waals surface area contributed by atoms with E-state index in [4.69, 9.17) is 9.84 Å². The molecule has 0 spiro atoms. The minimum absolute atomic E-state index is 0.0680. The average Bonchev–Trinajstić information content (AvgIpc) is 3.01. The van der Waals surface area contributed by atoms with Crippen LogP contribution in [0, 0.1) is 0 Å². The molecule has 2 N–H and O–H groups in total. The first-order valence-corrected chi connectivity index (χ1v) is 6.92. The molecule has 1 aliphatic rings. The first-order valence-electron chi connectivity index (χ1n) is 6.92. The molecule has 2 rings (SSSR count). The summed E-state index contributed by atoms with van der Waals surface area (Å²) in [6.45, 7) is 0.370. The lowest BCUT2D eigenvalue weighted by atomic mass is 10.1. The summed E-state index contributed by atoms with van der Waals surface area (Å²) in [5, 5.41) is 18.0. The lowest BCUT2D eigenvalue weighted by Crippen LogP contribution is -2.47. The van der Waals surface area contributed by atoms with Crippen LogP contribution in [0.3, 0.4) is 0 Å². The van der Waals surface area contributed by atoms with Crippen LogP contribution in [0.1, 0.15) is 18.4 Å². The second-order valence-corrected chi connectivity index (χ2v) is 5.03. The molecule has 7 heteroatoms. The number of carboxylic acid groups (broad SMARTS) is 1. The van der Waals surface area contributed by atoms with Crippen molar-refractivity contribution in [2.24, 2.45) is 0 Å². The van der Waals surface area contributed by atoms with E-state index in [0.29, 0.717) is 19.4 Å². The molecule has 2 atom stereocenters. The first-order chi connectivity index (χ1) is 10.5. The van der Waals surface area contributed by atoms with Crippen molar-refractivity contribution in [2.75, 3.05) is 6.54 Å². The molecule has 0 aromatic heterocycles. The molecule has 1 fully saturated rings. The zero-order valence-corrected chi connectivity index (χ0v) is 11.8. The Hall–Kier alpha value is -2.41. The monoisotopic (exact) mass is 307 g/mol. The lowest BCUT2D eigenvalue weighted by molar-refractivity contribution is -0.153. The highest BCUT2D eigenvalue weighted by molar-refractivity contribution is 6.04. The van der Waals surface area contributed by atoms with Gasteiger partial charge in [-0.2, -0.15) is 0 Å². The first kappa shape index (κ1) is 16.0. The fraction of sp³-hybridized carbons (Fsp3) is 0.400. The van der Waals surface area contributed by atoms with E-state index in [2.05, 4.69) is 0 Å². The third kappa shape index (κ3) is 3.62. The van der Waals surface area contributed by atoms with Gasteiger partial charge in [0, 0.05) is 6.54 Å². The number of aliphatic carboxylic acids is 1. The van der Waals surface area contributed by atoms with Crippen molar-refractivity contribution in [2.45, 2.75) is 31.6 Å². The molecular weight excluding hydrogens is 290 g/mol. The fourth-order valence-corrected chi connectivity index (χ4v) is 2.39. The Morgan fingerprint density at radius 1 is 1.27 bits per heavy atom. The van der Waals surface area contributed by atoms with E-state index < -0.39 is 30.0 Å². The van der Waals surface area contributed by atoms with Crippen molar-refractivity contribution in [3.8, 4) is 0 Å². The predicted molar refractivity (Wildman–Crippen MR) is 75.0 cm³/mol. The summed E-state index contributed by atoms with van der Waals surface area (Å²) < 4.78 is 5.14. The van der Waals surface area contributed by atoms with Gasteiger partial charge in [-0.15, -0.1) is 0 Å². The molecule has 0 saturated carbocycles. The SMILES string of the molecule is O=C(O)C(O)C(=O)[C@@H]1CCCN1C(=O)OCc1ccccc1. The number of aliphatic hydroxyl groups is 1. The van der Waals surface area contributed by atoms with Crippen LogP contribution in [0.25, 0.3) is 0 Å². The van der Waals surface area contributed by atoms with Crippen molar-refractivity contribution in [1.29, 1.82) is 0 Å². The molecule has 1 heterocycles. The van der Waals surface area contributed by atoms with Crippen LogP contribution >= 0.6 is 0 Å². The molecule has 1 aromatic rings. The molecule has 1 unspecified atom stereocenters. The fourth-order valence-electron chi connectivity index (χ4n) is 2.39. The number of carbonyl (C=O) groups excluding carboxylic acids is 2. The van der Waals surface area contributed by atoms with Crippen LogP contribution < -0.4 is 0 Å². The van der Waals surface area contributed by atoms with E-state index in [0.717, 1.165) is 5.56 Å². The standard InChI is InChI=1S/C15H17NO6/c17-12(13(18)14(19)20)11-7-4-8-16(11)15(21)22-9-10-5-2-1-3-6-10/h1-3,5-6,11,13,18H,4,7-9H2,(H,19,20)/t11-,13?/m0/s1. The lowest BCUT2D eigenvalue weighted by Gasteiger charge is -2.23. The van der Waals surface area contributed by atoms with E-state index in [1.165, 1.54) is 4.90 Å². The van der Waals surface area contributed by atoms with Crippen LogP contribution in [-0.2, 0) is 20.9 Å². The number of carbonyl (C=O) groups is 3. The maximum atomic E-state index is 12.0. The number of amides is 1. The number of aliphatic hydroxyl groups excluding tert-OH is 1. The van der Waals surface area contributed by atoms with Gasteiger partial charge in [0.2, 0.25) is 6.10 Å². The summed E-state index contributed by atoms with van der Waals surface area (Å²) in [4.78, 5) is 35.8. The maximum absolute atomic E-state index is 12.0. The van der Waals surface area contributed by atoms with Gasteiger partial charge in [0.1, 0.15) is 6.61 Å². The normalized spacial score (nSPS) is 18.8. The molecule has 1 aliphatic heterocycles. The zero-order valence-electron chi connectivity index (χ0n) is 11.8. The Bertz CT molecular complexity index is 558. The summed E-state index contributed by atoms with van der Waals surface area (Å²) in [7, 11) is 0. The molecule has 118 valence electrons. The maximum Gasteiger partial charge on any atom is 0.410 e. The van der Waals surface area contributed by atoms with Gasteiger partial charge in [0.05, 0.1) is 6.04 Å². The van der Waals surface area contributed by atoms with Gasteiger partial charge in [-0.25, -0.2) is 9.59 Å². The second kappa shape index (κ2) is 7.04. The molecule has 1 amide bonds. The summed E-state index contributed by atoms with van der Waals surface area (Å²) >= 11 is 0. The zero-order chi connectivity index (χ0) is 16.1. The van der Waals surface area contributed by atoms with Crippen LogP contribution in [0.5, 0.6) is 0 Å². The smallest absolute Gasteiger partial charge is 0.410 e. The van der Waals surface area contributed by atoms with Crippen molar-refractivity contribution in [3.63, 3.8) is 0 Å². The van der Waals surface area contributed by atoms with Crippen molar-refractivity contribution < 1.29 is 29.3 Å². The second-order valence-electron chi connectivity index (χ2n) is 5.03. The van der Waals surface area contributed by atoms with Gasteiger partial charge < -0.3 is 14.9 Å². The largest absolute Gasteiger partial charge is 0.479 e. The average molecular weight is 307 g/mol. The van der Waals surface area contributed by atoms with E-state index in [9.17, 15) is 19.5 Å². The number of nitrogens with zero attached hydrogens (tertiary/aromatic N) is 1. The highest BCUT2D eigenvalue weighted by Crippen LogP contribution is 2.21. The molecule has 1 aromatic carbocycles. The van der Waals surface area contributed by atoms with E-state index >= 15 is 0 Å². The van der Waals surface area contributed by atoms with Crippen molar-refractivity contribution in [3.05, 3.63) is 35.9 Å². The number of likely N-dealkylation sites (tertiary alicyclic amines) is 1. The van der Waals surface area contributed by atoms with E-state index in [1.54, 1.807) is 12.1 Å². The number of ketones is 1. The molecule has 7 nitrogen and oxygen atoms in total. The number of rotatable bonds is 5. The number of hydrogen-bond donors (Lipinski definition) is 2. The van der Waals surface area contributed by atoms with Crippen LogP contribution in [0.2, 0.25) is 0 Å². The summed E-state index contributed by atoms with van der Waals surface area (Å²) in [5.74, 6) is -2.50. The Kier molecular flexibility index (Phi) is 5.11. The van der Waals surface area contributed by atoms with Gasteiger partial charge in [0.25, 0.3) is 0 Å². The van der Waals surface area contributed by atoms with Crippen molar-refractivity contribution >= 4 is 17.8 Å². The summed E-state index contributed by atoms with van der Waals surface area (Å²) in [6.07, 6.45) is -1.92. The van der Waals surface area contributed by atoms with Crippen LogP contribution in [-0.4, -0.2) is 51.6 Å². The van der Waals surface area contributed by atoms with Crippen molar-refractivity contribution in [1.82, 2.24) is 4.90 Å². The highest BCUT2D eigenvalue weighted by Gasteiger charge is 2.40. The number of Topliss-reactive ketones (excluding diaryl/α,β-unsaturated/α-hetero) is 1. The van der Waals surface area contributed by atoms with Gasteiger partial charge in [-0.05, 0) is 18.4 Å². The molecule has 0 radical (unpaired) electrons. The Morgan fingerprint density at radius 3 is 2.59 bits per heavy atom. The number of hydrogen-bond acceptors (Lipinski definition) is 5. The number of ether oxygens (including phenoxy) is 1.